The van der Waals surface area contributed by atoms with Gasteiger partial charge in [0.05, 0.1) is 38.7 Å². The number of aliphatic hydroxyl groups is 2. The fraction of sp³-hybridized carbons (Fsp3) is 1.00. The molecule has 10 heteroatoms. The van der Waals surface area contributed by atoms with Crippen LogP contribution in [0.1, 0.15) is 1.43 Å². The van der Waals surface area contributed by atoms with Gasteiger partial charge in [-0.3, -0.25) is 14.2 Å². The van der Waals surface area contributed by atoms with Gasteiger partial charge in [0.2, 0.25) is 0 Å². The van der Waals surface area contributed by atoms with Crippen molar-refractivity contribution in [1.82, 2.24) is 5.23 Å². The molecule has 0 aliphatic carbocycles. The van der Waals surface area contributed by atoms with E-state index >= 15 is 0 Å². The number of hydrogen-bond acceptors (Lipinski definition) is 7. The van der Waals surface area contributed by atoms with E-state index in [4.69, 9.17) is 24.4 Å². The van der Waals surface area contributed by atoms with E-state index in [1.807, 2.05) is 0 Å². The van der Waals surface area contributed by atoms with Gasteiger partial charge in [0.1, 0.15) is 0 Å². The zero-order valence-electron chi connectivity index (χ0n) is 10.1. The van der Waals surface area contributed by atoms with E-state index in [-0.39, 0.29) is 64.0 Å². The summed E-state index contributed by atoms with van der Waals surface area (Å²) in [4.78, 5) is 9.53. The fourth-order valence-corrected chi connectivity index (χ4v) is 1.02. The maximum absolute atomic E-state index is 10.4. The molecular formula is C6H16NNaO7S. The van der Waals surface area contributed by atoms with Gasteiger partial charge in [-0.15, -0.1) is 0 Å². The Morgan fingerprint density at radius 1 is 1.12 bits per heavy atom. The Balaban J connectivity index is -0.000000980. The zero-order valence-corrected chi connectivity index (χ0v) is 11.9. The standard InChI is InChI=1S/C6H15NO7S.Na.H/c8-2-4-13-7(14-5-3-9)1-6-15(10,11)12;;/h8-9H,1-6H2,(H,10,11,12);;/q;+1;-1. The minimum absolute atomic E-state index is 0. The smallest absolute Gasteiger partial charge is 1.00 e. The molecule has 0 unspecified atom stereocenters. The predicted octanol–water partition coefficient (Wildman–Crippen LogP) is -4.86. The first kappa shape index (κ1) is 19.1. The topological polar surface area (TPSA) is 117 Å². The second kappa shape index (κ2) is 10.8. The van der Waals surface area contributed by atoms with Crippen LogP contribution in [-0.4, -0.2) is 67.1 Å². The molecular weight excluding hydrogens is 253 g/mol. The minimum Gasteiger partial charge on any atom is -1.00 e. The van der Waals surface area contributed by atoms with E-state index in [0.717, 1.165) is 5.23 Å². The first-order valence-corrected chi connectivity index (χ1v) is 5.80. The molecule has 0 saturated heterocycles. The number of hydrogen-bond donors (Lipinski definition) is 3. The van der Waals surface area contributed by atoms with Crippen molar-refractivity contribution in [1.29, 1.82) is 0 Å². The Labute approximate surface area is 118 Å². The average molecular weight is 269 g/mol. The van der Waals surface area contributed by atoms with Crippen LogP contribution in [0.4, 0.5) is 0 Å². The minimum atomic E-state index is -4.10. The molecule has 3 N–H and O–H groups in total. The summed E-state index contributed by atoms with van der Waals surface area (Å²) in [6, 6.07) is 0. The Bertz CT molecular complexity index is 245. The van der Waals surface area contributed by atoms with Gasteiger partial charge in [-0.1, -0.05) is 5.23 Å². The normalized spacial score (nSPS) is 11.5. The molecule has 0 aliphatic heterocycles. The van der Waals surface area contributed by atoms with E-state index in [1.165, 1.54) is 0 Å². The van der Waals surface area contributed by atoms with Crippen molar-refractivity contribution in [3.63, 3.8) is 0 Å². The number of aliphatic hydroxyl groups excluding tert-OH is 2. The van der Waals surface area contributed by atoms with Crippen LogP contribution < -0.4 is 29.6 Å². The third-order valence-electron chi connectivity index (χ3n) is 1.18. The number of rotatable bonds is 9. The van der Waals surface area contributed by atoms with Crippen molar-refractivity contribution in [2.24, 2.45) is 0 Å². The average Bonchev–Trinajstić information content (AvgIpc) is 2.15. The molecule has 0 heterocycles. The van der Waals surface area contributed by atoms with Gasteiger partial charge in [0, 0.05) is 0 Å². The van der Waals surface area contributed by atoms with E-state index in [2.05, 4.69) is 0 Å². The molecule has 0 aromatic carbocycles. The van der Waals surface area contributed by atoms with Crippen molar-refractivity contribution in [2.45, 2.75) is 0 Å². The second-order valence-corrected chi connectivity index (χ2v) is 4.03. The molecule has 8 nitrogen and oxygen atoms in total. The fourth-order valence-electron chi connectivity index (χ4n) is 0.642. The van der Waals surface area contributed by atoms with Crippen molar-refractivity contribution in [3.05, 3.63) is 0 Å². The summed E-state index contributed by atoms with van der Waals surface area (Å²) in [6.45, 7) is -0.887. The maximum atomic E-state index is 10.4. The molecule has 0 rings (SSSR count). The predicted molar refractivity (Wildman–Crippen MR) is 50.3 cm³/mol. The van der Waals surface area contributed by atoms with Crippen LogP contribution in [0.2, 0.25) is 0 Å². The van der Waals surface area contributed by atoms with Crippen LogP contribution >= 0.6 is 0 Å². The molecule has 0 saturated carbocycles. The Hall–Kier alpha value is 0.710. The van der Waals surface area contributed by atoms with Gasteiger partial charge in [-0.05, 0) is 0 Å². The molecule has 0 spiro atoms. The van der Waals surface area contributed by atoms with Gasteiger partial charge >= 0.3 is 29.6 Å². The molecule has 0 amide bonds. The summed E-state index contributed by atoms with van der Waals surface area (Å²) in [5.74, 6) is -0.566. The number of nitrogens with zero attached hydrogens (tertiary/aromatic N) is 1. The third kappa shape index (κ3) is 12.8. The van der Waals surface area contributed by atoms with Crippen LogP contribution in [0, 0.1) is 0 Å². The first-order valence-electron chi connectivity index (χ1n) is 4.20. The molecule has 0 radical (unpaired) electrons. The summed E-state index contributed by atoms with van der Waals surface area (Å²) in [5.41, 5.74) is 0. The van der Waals surface area contributed by atoms with Crippen LogP contribution in [0.5, 0.6) is 0 Å². The van der Waals surface area contributed by atoms with Gasteiger partial charge in [-0.2, -0.15) is 8.42 Å². The van der Waals surface area contributed by atoms with Gasteiger partial charge < -0.3 is 11.6 Å². The SMILES string of the molecule is O=S(=O)(O)CCN(OCCO)OCCO.[H-].[Na+]. The summed E-state index contributed by atoms with van der Waals surface area (Å²) in [6.07, 6.45) is 0. The Morgan fingerprint density at radius 2 is 1.56 bits per heavy atom. The van der Waals surface area contributed by atoms with E-state index < -0.39 is 15.9 Å². The van der Waals surface area contributed by atoms with Gasteiger partial charge in [-0.25, -0.2) is 0 Å². The van der Waals surface area contributed by atoms with E-state index in [0.29, 0.717) is 0 Å². The monoisotopic (exact) mass is 269 g/mol. The second-order valence-electron chi connectivity index (χ2n) is 2.46. The largest absolute Gasteiger partial charge is 1.00 e. The van der Waals surface area contributed by atoms with E-state index in [1.54, 1.807) is 0 Å². The third-order valence-corrected chi connectivity index (χ3v) is 1.88. The van der Waals surface area contributed by atoms with E-state index in [9.17, 15) is 8.42 Å². The molecule has 16 heavy (non-hydrogen) atoms. The quantitative estimate of drug-likeness (QED) is 0.217. The Kier molecular flexibility index (Phi) is 12.9. The summed E-state index contributed by atoms with van der Waals surface area (Å²) < 4.78 is 29.3. The molecule has 0 aromatic rings. The number of hydroxylamine groups is 2. The molecule has 0 aromatic heterocycles. The van der Waals surface area contributed by atoms with Gasteiger partial charge in [0.15, 0.2) is 0 Å². The molecule has 0 aliphatic rings. The van der Waals surface area contributed by atoms with Crippen molar-refractivity contribution in [3.8, 4) is 0 Å². The van der Waals surface area contributed by atoms with Crippen molar-refractivity contribution >= 4 is 10.1 Å². The summed E-state index contributed by atoms with van der Waals surface area (Å²) >= 11 is 0. The first-order chi connectivity index (χ1) is 6.99. The summed E-state index contributed by atoms with van der Waals surface area (Å²) in [5, 5.41) is 17.7. The summed E-state index contributed by atoms with van der Waals surface area (Å²) in [7, 11) is -4.10. The Morgan fingerprint density at radius 3 is 1.88 bits per heavy atom. The molecule has 0 atom stereocenters. The van der Waals surface area contributed by atoms with Crippen LogP contribution in [0.15, 0.2) is 0 Å². The van der Waals surface area contributed by atoms with Crippen LogP contribution in [0.25, 0.3) is 0 Å². The van der Waals surface area contributed by atoms with Crippen LogP contribution in [0.3, 0.4) is 0 Å². The zero-order chi connectivity index (χ0) is 11.7. The molecule has 94 valence electrons. The molecule has 0 fully saturated rings. The maximum Gasteiger partial charge on any atom is 1.00 e. The molecule has 0 bridgehead atoms. The van der Waals surface area contributed by atoms with Gasteiger partial charge in [0.25, 0.3) is 10.1 Å². The van der Waals surface area contributed by atoms with Crippen LogP contribution in [-0.2, 0) is 19.8 Å². The van der Waals surface area contributed by atoms with Crippen molar-refractivity contribution < 1.29 is 63.8 Å². The van der Waals surface area contributed by atoms with Crippen molar-refractivity contribution in [2.75, 3.05) is 38.7 Å².